The molecule has 2 atom stereocenters. The van der Waals surface area contributed by atoms with Crippen LogP contribution in [-0.2, 0) is 12.8 Å². The van der Waals surface area contributed by atoms with Gasteiger partial charge >= 0.3 is 0 Å². The van der Waals surface area contributed by atoms with Gasteiger partial charge in [0.1, 0.15) is 5.75 Å². The van der Waals surface area contributed by atoms with Crippen LogP contribution in [0.2, 0.25) is 5.02 Å². The highest BCUT2D eigenvalue weighted by molar-refractivity contribution is 6.30. The Hall–Kier alpha value is -0.730. The van der Waals surface area contributed by atoms with Crippen molar-refractivity contribution in [1.82, 2.24) is 0 Å². The van der Waals surface area contributed by atoms with Gasteiger partial charge in [-0.1, -0.05) is 25.4 Å². The van der Waals surface area contributed by atoms with Crippen LogP contribution in [0.1, 0.15) is 44.2 Å². The van der Waals surface area contributed by atoms with Crippen molar-refractivity contribution in [3.8, 4) is 5.75 Å². The van der Waals surface area contributed by atoms with E-state index in [0.717, 1.165) is 43.1 Å². The first-order valence-corrected chi connectivity index (χ1v) is 8.06. The molecule has 0 amide bonds. The Labute approximate surface area is 126 Å². The van der Waals surface area contributed by atoms with E-state index >= 15 is 0 Å². The van der Waals surface area contributed by atoms with Crippen LogP contribution in [0, 0.1) is 11.8 Å². The molecule has 0 saturated heterocycles. The summed E-state index contributed by atoms with van der Waals surface area (Å²) in [5.41, 5.74) is 9.05. The fourth-order valence-corrected chi connectivity index (χ4v) is 4.59. The van der Waals surface area contributed by atoms with Gasteiger partial charge < -0.3 is 10.5 Å². The molecule has 3 rings (SSSR count). The van der Waals surface area contributed by atoms with Gasteiger partial charge in [0.15, 0.2) is 0 Å². The van der Waals surface area contributed by atoms with Gasteiger partial charge in [-0.15, -0.1) is 0 Å². The molecule has 0 bridgehead atoms. The highest BCUT2D eigenvalue weighted by Gasteiger charge is 2.35. The van der Waals surface area contributed by atoms with Gasteiger partial charge in [-0.05, 0) is 60.8 Å². The highest BCUT2D eigenvalue weighted by Crippen LogP contribution is 2.40. The molecule has 1 aromatic rings. The molecule has 2 nitrogen and oxygen atoms in total. The smallest absolute Gasteiger partial charge is 0.125 e. The Balaban J connectivity index is 1.87. The average Bonchev–Trinajstić information content (AvgIpc) is 2.73. The maximum Gasteiger partial charge on any atom is 0.125 e. The fourth-order valence-electron chi connectivity index (χ4n) is 4.33. The number of fused-ring (bicyclic) bond motifs is 1. The molecule has 110 valence electrons. The van der Waals surface area contributed by atoms with Crippen LogP contribution in [0.5, 0.6) is 5.75 Å². The molecule has 0 aromatic heterocycles. The van der Waals surface area contributed by atoms with E-state index in [1.807, 2.05) is 12.1 Å². The zero-order valence-electron chi connectivity index (χ0n) is 12.4. The van der Waals surface area contributed by atoms with Crippen molar-refractivity contribution in [2.75, 3.05) is 6.61 Å². The fraction of sp³-hybridized carbons (Fsp3) is 0.647. The lowest BCUT2D eigenvalue weighted by Gasteiger charge is -2.40. The van der Waals surface area contributed by atoms with Crippen molar-refractivity contribution in [2.45, 2.75) is 51.5 Å². The number of hydrogen-bond donors (Lipinski definition) is 1. The minimum absolute atomic E-state index is 0.110. The zero-order chi connectivity index (χ0) is 14.3. The summed E-state index contributed by atoms with van der Waals surface area (Å²) < 4.78 is 5.81. The average molecular weight is 294 g/mol. The monoisotopic (exact) mass is 293 g/mol. The van der Waals surface area contributed by atoms with Crippen LogP contribution in [0.15, 0.2) is 12.1 Å². The predicted octanol–water partition coefficient (Wildman–Crippen LogP) is 3.97. The molecule has 0 spiro atoms. The summed E-state index contributed by atoms with van der Waals surface area (Å²) in [4.78, 5) is 0. The molecular formula is C17H24ClNO. The summed E-state index contributed by atoms with van der Waals surface area (Å²) >= 11 is 6.25. The molecule has 1 fully saturated rings. The Morgan fingerprint density at radius 1 is 1.30 bits per heavy atom. The van der Waals surface area contributed by atoms with E-state index in [0.29, 0.717) is 11.8 Å². The molecule has 20 heavy (non-hydrogen) atoms. The van der Waals surface area contributed by atoms with E-state index in [2.05, 4.69) is 13.8 Å². The molecule has 1 aliphatic heterocycles. The Morgan fingerprint density at radius 3 is 2.70 bits per heavy atom. The summed E-state index contributed by atoms with van der Waals surface area (Å²) in [7, 11) is 0. The number of halogens is 1. The summed E-state index contributed by atoms with van der Waals surface area (Å²) in [5.74, 6) is 2.46. The topological polar surface area (TPSA) is 35.2 Å². The zero-order valence-corrected chi connectivity index (χ0v) is 13.2. The first-order chi connectivity index (χ1) is 9.45. The van der Waals surface area contributed by atoms with Gasteiger partial charge in [0.25, 0.3) is 0 Å². The molecule has 2 aliphatic rings. The van der Waals surface area contributed by atoms with Gasteiger partial charge in [0.2, 0.25) is 0 Å². The first-order valence-electron chi connectivity index (χ1n) is 7.68. The van der Waals surface area contributed by atoms with E-state index in [-0.39, 0.29) is 5.54 Å². The number of benzene rings is 1. The van der Waals surface area contributed by atoms with Gasteiger partial charge in [-0.2, -0.15) is 0 Å². The van der Waals surface area contributed by atoms with Crippen molar-refractivity contribution in [3.63, 3.8) is 0 Å². The molecule has 3 heteroatoms. The minimum atomic E-state index is -0.110. The van der Waals surface area contributed by atoms with Gasteiger partial charge in [-0.25, -0.2) is 0 Å². The van der Waals surface area contributed by atoms with E-state index in [1.54, 1.807) is 0 Å². The van der Waals surface area contributed by atoms with Crippen LogP contribution in [0.4, 0.5) is 0 Å². The minimum Gasteiger partial charge on any atom is -0.493 e. The van der Waals surface area contributed by atoms with E-state index in [9.17, 15) is 0 Å². The number of nitrogens with two attached hydrogens (primary N) is 1. The van der Waals surface area contributed by atoms with Gasteiger partial charge in [-0.3, -0.25) is 0 Å². The molecule has 2 N–H and O–H groups in total. The highest BCUT2D eigenvalue weighted by atomic mass is 35.5. The number of hydrogen-bond acceptors (Lipinski definition) is 2. The van der Waals surface area contributed by atoms with Crippen LogP contribution in [0.3, 0.4) is 0 Å². The summed E-state index contributed by atoms with van der Waals surface area (Å²) in [6, 6.07) is 4.08. The lowest BCUT2D eigenvalue weighted by Crippen LogP contribution is -2.48. The standard InChI is InChI=1S/C17H24ClNO/c1-11-5-12(2)9-17(19,8-11)10-14-7-15(18)6-13-3-4-20-16(13)14/h6-7,11-12H,3-5,8-10,19H2,1-2H3. The second-order valence-electron chi connectivity index (χ2n) is 7.05. The van der Waals surface area contributed by atoms with Crippen molar-refractivity contribution in [2.24, 2.45) is 17.6 Å². The third kappa shape index (κ3) is 2.82. The van der Waals surface area contributed by atoms with Crippen LogP contribution < -0.4 is 10.5 Å². The number of ether oxygens (including phenoxy) is 1. The largest absolute Gasteiger partial charge is 0.493 e. The molecule has 1 saturated carbocycles. The van der Waals surface area contributed by atoms with Crippen LogP contribution >= 0.6 is 11.6 Å². The van der Waals surface area contributed by atoms with E-state index in [1.165, 1.54) is 17.5 Å². The second-order valence-corrected chi connectivity index (χ2v) is 7.48. The Kier molecular flexibility index (Phi) is 3.72. The maximum absolute atomic E-state index is 6.72. The Morgan fingerprint density at radius 2 is 2.00 bits per heavy atom. The molecule has 1 aliphatic carbocycles. The first kappa shape index (κ1) is 14.2. The molecule has 1 aromatic carbocycles. The third-order valence-electron chi connectivity index (χ3n) is 4.68. The second kappa shape index (κ2) is 5.23. The molecule has 2 unspecified atom stereocenters. The van der Waals surface area contributed by atoms with Crippen molar-refractivity contribution >= 4 is 11.6 Å². The normalized spacial score (nSPS) is 32.8. The van der Waals surface area contributed by atoms with Crippen molar-refractivity contribution in [1.29, 1.82) is 0 Å². The van der Waals surface area contributed by atoms with Gasteiger partial charge in [0, 0.05) is 17.0 Å². The lowest BCUT2D eigenvalue weighted by atomic mass is 9.69. The molecule has 1 heterocycles. The lowest BCUT2D eigenvalue weighted by molar-refractivity contribution is 0.181. The molecular weight excluding hydrogens is 270 g/mol. The quantitative estimate of drug-likeness (QED) is 0.895. The van der Waals surface area contributed by atoms with E-state index < -0.39 is 0 Å². The van der Waals surface area contributed by atoms with Gasteiger partial charge in [0.05, 0.1) is 6.61 Å². The number of rotatable bonds is 2. The van der Waals surface area contributed by atoms with Crippen LogP contribution in [-0.4, -0.2) is 12.1 Å². The summed E-state index contributed by atoms with van der Waals surface area (Å²) in [5, 5.41) is 0.810. The van der Waals surface area contributed by atoms with Crippen molar-refractivity contribution in [3.05, 3.63) is 28.3 Å². The SMILES string of the molecule is CC1CC(C)CC(N)(Cc2cc(Cl)cc3c2OCC3)C1. The van der Waals surface area contributed by atoms with Crippen molar-refractivity contribution < 1.29 is 4.74 Å². The predicted molar refractivity (Wildman–Crippen MR) is 83.5 cm³/mol. The maximum atomic E-state index is 6.72. The van der Waals surface area contributed by atoms with E-state index in [4.69, 9.17) is 22.1 Å². The third-order valence-corrected chi connectivity index (χ3v) is 4.90. The van der Waals surface area contributed by atoms with Crippen LogP contribution in [0.25, 0.3) is 0 Å². The summed E-state index contributed by atoms with van der Waals surface area (Å²) in [6.07, 6.45) is 5.33. The Bertz CT molecular complexity index is 504. The molecule has 0 radical (unpaired) electrons. The summed E-state index contributed by atoms with van der Waals surface area (Å²) in [6.45, 7) is 5.40.